The molecule has 8 rings (SSSR count). The molecule has 0 radical (unpaired) electrons. The fraction of sp³-hybridized carbons (Fsp3) is 0.382. The number of nitrogens with one attached hydrogen (secondary N) is 1. The number of halogens is 3. The highest BCUT2D eigenvalue weighted by Crippen LogP contribution is 2.63. The van der Waals surface area contributed by atoms with Crippen LogP contribution in [0.3, 0.4) is 0 Å². The normalized spacial score (nSPS) is 25.6. The van der Waals surface area contributed by atoms with Crippen LogP contribution in [0.1, 0.15) is 72.8 Å². The zero-order chi connectivity index (χ0) is 29.6. The first-order valence-electron chi connectivity index (χ1n) is 15.0. The Bertz CT molecular complexity index is 1840. The fourth-order valence-corrected chi connectivity index (χ4v) is 8.74. The highest BCUT2D eigenvalue weighted by Gasteiger charge is 2.69. The first-order chi connectivity index (χ1) is 20.8. The van der Waals surface area contributed by atoms with Gasteiger partial charge in [0.1, 0.15) is 11.4 Å². The van der Waals surface area contributed by atoms with Crippen LogP contribution >= 0.6 is 23.2 Å². The molecule has 1 spiro atoms. The van der Waals surface area contributed by atoms with E-state index in [1.54, 1.807) is 24.3 Å². The van der Waals surface area contributed by atoms with E-state index in [0.717, 1.165) is 54.5 Å². The largest absolute Gasteiger partial charge is 0.339 e. The Hall–Kier alpha value is -3.46. The van der Waals surface area contributed by atoms with E-state index in [2.05, 4.69) is 10.2 Å². The topological polar surface area (TPSA) is 70.5 Å². The van der Waals surface area contributed by atoms with Crippen LogP contribution in [0.5, 0.6) is 0 Å². The third-order valence-corrected chi connectivity index (χ3v) is 10.6. The Balaban J connectivity index is 0.00000312. The number of fused-ring (bicyclic) bond motifs is 7. The molecule has 5 heterocycles. The van der Waals surface area contributed by atoms with Crippen molar-refractivity contribution in [3.63, 3.8) is 0 Å². The van der Waals surface area contributed by atoms with Crippen LogP contribution in [0.15, 0.2) is 54.6 Å². The van der Waals surface area contributed by atoms with Gasteiger partial charge in [0.25, 0.3) is 5.91 Å². The van der Waals surface area contributed by atoms with Crippen LogP contribution in [-0.2, 0) is 16.8 Å². The smallest absolute Gasteiger partial charge is 0.253 e. The molecule has 0 aliphatic carbocycles. The molecule has 4 aromatic rings. The number of hydrogen-bond donors (Lipinski definition) is 1. The van der Waals surface area contributed by atoms with E-state index in [-0.39, 0.29) is 36.3 Å². The van der Waals surface area contributed by atoms with Crippen molar-refractivity contribution in [2.45, 2.75) is 63.6 Å². The van der Waals surface area contributed by atoms with Gasteiger partial charge in [0.05, 0.1) is 16.6 Å². The molecule has 4 aliphatic rings. The van der Waals surface area contributed by atoms with E-state index >= 15 is 4.39 Å². The molecular formula is C34H34Cl2FN5O2. The number of nitrogens with zero attached hydrogens (tertiary/aromatic N) is 4. The summed E-state index contributed by atoms with van der Waals surface area (Å²) in [6.45, 7) is 4.15. The molecule has 0 saturated carbocycles. The van der Waals surface area contributed by atoms with Crippen molar-refractivity contribution < 1.29 is 14.0 Å². The van der Waals surface area contributed by atoms with Gasteiger partial charge in [-0.25, -0.2) is 4.39 Å². The molecule has 1 aromatic heterocycles. The van der Waals surface area contributed by atoms with Crippen LogP contribution in [0.25, 0.3) is 10.9 Å². The standard InChI is InChI=1S/C33H30Cl2FN5O2.CH4/c1-2-40-27-17-26-20-11-9-18(31(42)39-13-4-3-5-14-39)15-24(20)38-41(26)30(27)28(21-7-6-8-23(35)29(21)36)33(40)22-12-10-19(34)16-25(22)37-32(33)43;/h6-12,15-16,27-28,30H,2-5,13-14,17H2,1H3,(H,37,43);1H4/t27-,28-,30+,33+;/m0./s1. The van der Waals surface area contributed by atoms with Crippen LogP contribution in [0.2, 0.25) is 10.0 Å². The summed E-state index contributed by atoms with van der Waals surface area (Å²) in [7, 11) is 0. The predicted octanol–water partition coefficient (Wildman–Crippen LogP) is 7.18. The number of carbonyl (C=O) groups is 2. The lowest BCUT2D eigenvalue weighted by Crippen LogP contribution is -2.52. The second kappa shape index (κ2) is 10.6. The number of amides is 2. The summed E-state index contributed by atoms with van der Waals surface area (Å²) in [6, 6.07) is 15.7. The summed E-state index contributed by atoms with van der Waals surface area (Å²) in [5.41, 5.74) is 2.97. The minimum atomic E-state index is -1.19. The van der Waals surface area contributed by atoms with Gasteiger partial charge in [-0.1, -0.05) is 61.8 Å². The summed E-state index contributed by atoms with van der Waals surface area (Å²) in [4.78, 5) is 31.7. The Morgan fingerprint density at radius 3 is 2.66 bits per heavy atom. The maximum Gasteiger partial charge on any atom is 0.253 e. The Morgan fingerprint density at radius 2 is 1.89 bits per heavy atom. The SMILES string of the molecule is C.CCN1[C@H]2Cc3c4ccc(C(=O)N5CCCCC5)cc4nn3[C@H]2[C@H](c2cccc(Cl)c2F)[C@]12C(=O)Nc1cc(Cl)ccc12. The molecule has 44 heavy (non-hydrogen) atoms. The van der Waals surface area contributed by atoms with E-state index in [9.17, 15) is 9.59 Å². The second-order valence-electron chi connectivity index (χ2n) is 12.1. The molecule has 4 aliphatic heterocycles. The lowest BCUT2D eigenvalue weighted by Gasteiger charge is -2.39. The number of piperidine rings is 1. The molecule has 0 unspecified atom stereocenters. The Morgan fingerprint density at radius 1 is 1.09 bits per heavy atom. The quantitative estimate of drug-likeness (QED) is 0.259. The van der Waals surface area contributed by atoms with Gasteiger partial charge in [0, 0.05) is 64.4 Å². The number of aromatic nitrogens is 2. The monoisotopic (exact) mass is 633 g/mol. The number of likely N-dealkylation sites (tertiary alicyclic amines) is 2. The summed E-state index contributed by atoms with van der Waals surface area (Å²) in [5.74, 6) is -1.34. The van der Waals surface area contributed by atoms with E-state index < -0.39 is 17.3 Å². The molecule has 2 amide bonds. The van der Waals surface area contributed by atoms with Gasteiger partial charge in [-0.3, -0.25) is 19.2 Å². The summed E-state index contributed by atoms with van der Waals surface area (Å²) in [5, 5.41) is 9.65. The average molecular weight is 635 g/mol. The maximum absolute atomic E-state index is 16.1. The van der Waals surface area contributed by atoms with Crippen LogP contribution < -0.4 is 5.32 Å². The van der Waals surface area contributed by atoms with Crippen molar-refractivity contribution in [2.24, 2.45) is 0 Å². The average Bonchev–Trinajstić information content (AvgIpc) is 3.70. The molecule has 3 aromatic carbocycles. The van der Waals surface area contributed by atoms with Crippen LogP contribution in [-0.4, -0.2) is 57.1 Å². The zero-order valence-electron chi connectivity index (χ0n) is 23.6. The van der Waals surface area contributed by atoms with E-state index in [1.165, 1.54) is 6.07 Å². The number of likely N-dealkylation sites (N-methyl/N-ethyl adjacent to an activating group) is 1. The minimum absolute atomic E-state index is 0. The van der Waals surface area contributed by atoms with E-state index in [0.29, 0.717) is 34.8 Å². The zero-order valence-corrected chi connectivity index (χ0v) is 25.1. The first-order valence-corrected chi connectivity index (χ1v) is 15.7. The lowest BCUT2D eigenvalue weighted by atomic mass is 9.73. The lowest BCUT2D eigenvalue weighted by molar-refractivity contribution is -0.127. The van der Waals surface area contributed by atoms with Crippen molar-refractivity contribution in [2.75, 3.05) is 25.0 Å². The van der Waals surface area contributed by atoms with Gasteiger partial charge in [-0.2, -0.15) is 5.10 Å². The van der Waals surface area contributed by atoms with Crippen molar-refractivity contribution in [1.29, 1.82) is 0 Å². The van der Waals surface area contributed by atoms with E-state index in [1.807, 2.05) is 40.8 Å². The van der Waals surface area contributed by atoms with Gasteiger partial charge in [-0.15, -0.1) is 0 Å². The molecule has 7 nitrogen and oxygen atoms in total. The third-order valence-electron chi connectivity index (χ3n) is 10.1. The maximum atomic E-state index is 16.1. The van der Waals surface area contributed by atoms with Gasteiger partial charge in [-0.05, 0) is 61.7 Å². The minimum Gasteiger partial charge on any atom is -0.339 e. The molecule has 1 N–H and O–H groups in total. The molecule has 10 heteroatoms. The van der Waals surface area contributed by atoms with Crippen LogP contribution in [0.4, 0.5) is 10.1 Å². The molecular weight excluding hydrogens is 600 g/mol. The third kappa shape index (κ3) is 3.87. The number of rotatable bonds is 3. The number of carbonyl (C=O) groups excluding carboxylic acids is 2. The van der Waals surface area contributed by atoms with Gasteiger partial charge in [0.2, 0.25) is 5.91 Å². The molecule has 0 bridgehead atoms. The van der Waals surface area contributed by atoms with E-state index in [4.69, 9.17) is 28.3 Å². The highest BCUT2D eigenvalue weighted by atomic mass is 35.5. The van der Waals surface area contributed by atoms with Gasteiger partial charge in [0.15, 0.2) is 0 Å². The number of anilines is 1. The Labute approximate surface area is 265 Å². The summed E-state index contributed by atoms with van der Waals surface area (Å²) < 4.78 is 18.1. The predicted molar refractivity (Wildman–Crippen MR) is 171 cm³/mol. The summed E-state index contributed by atoms with van der Waals surface area (Å²) in [6.07, 6.45) is 3.83. The van der Waals surface area contributed by atoms with Gasteiger partial charge >= 0.3 is 0 Å². The second-order valence-corrected chi connectivity index (χ2v) is 12.9. The Kier molecular flexibility index (Phi) is 7.03. The van der Waals surface area contributed by atoms with Crippen molar-refractivity contribution >= 4 is 51.6 Å². The fourth-order valence-electron chi connectivity index (χ4n) is 8.39. The molecule has 2 fully saturated rings. The van der Waals surface area contributed by atoms with Crippen molar-refractivity contribution in [3.05, 3.63) is 92.8 Å². The molecule has 228 valence electrons. The van der Waals surface area contributed by atoms with Crippen molar-refractivity contribution in [1.82, 2.24) is 19.6 Å². The first kappa shape index (κ1) is 29.3. The molecule has 2 saturated heterocycles. The van der Waals surface area contributed by atoms with Crippen molar-refractivity contribution in [3.8, 4) is 0 Å². The highest BCUT2D eigenvalue weighted by molar-refractivity contribution is 6.31. The number of hydrogen-bond acceptors (Lipinski definition) is 4. The van der Waals surface area contributed by atoms with Crippen LogP contribution in [0, 0.1) is 5.82 Å². The summed E-state index contributed by atoms with van der Waals surface area (Å²) >= 11 is 12.7. The van der Waals surface area contributed by atoms with Gasteiger partial charge < -0.3 is 10.2 Å². The molecule has 4 atom stereocenters. The number of benzene rings is 3.